The number of rotatable bonds is 6. The number of nitrogens with zero attached hydrogens (tertiary/aromatic N) is 2. The Balaban J connectivity index is 1.96. The zero-order valence-corrected chi connectivity index (χ0v) is 13.5. The first kappa shape index (κ1) is 16.7. The third-order valence-electron chi connectivity index (χ3n) is 3.60. The molecule has 0 aliphatic carbocycles. The normalized spacial score (nSPS) is 10.6. The van der Waals surface area contributed by atoms with Gasteiger partial charge >= 0.3 is 0 Å². The highest BCUT2D eigenvalue weighted by atomic mass is 16.2. The molecule has 0 aliphatic rings. The minimum Gasteiger partial charge on any atom is -0.325 e. The van der Waals surface area contributed by atoms with E-state index in [1.54, 1.807) is 24.3 Å². The predicted octanol–water partition coefficient (Wildman–Crippen LogP) is 3.41. The SMILES string of the molecule is CC(C)N(CC(=O)Nc1ccc(C#N)cc1)Cc1ccccc1. The number of benzene rings is 2. The minimum atomic E-state index is -0.0562. The maximum absolute atomic E-state index is 12.3. The van der Waals surface area contributed by atoms with E-state index in [1.807, 2.05) is 18.2 Å². The number of amides is 1. The molecule has 1 amide bonds. The van der Waals surface area contributed by atoms with Gasteiger partial charge in [-0.1, -0.05) is 30.3 Å². The molecule has 0 saturated heterocycles. The van der Waals surface area contributed by atoms with Crippen molar-refractivity contribution >= 4 is 11.6 Å². The maximum atomic E-state index is 12.3. The van der Waals surface area contributed by atoms with Crippen molar-refractivity contribution in [2.24, 2.45) is 0 Å². The van der Waals surface area contributed by atoms with E-state index in [1.165, 1.54) is 5.56 Å². The number of hydrogen-bond acceptors (Lipinski definition) is 3. The highest BCUT2D eigenvalue weighted by Crippen LogP contribution is 2.11. The van der Waals surface area contributed by atoms with Gasteiger partial charge < -0.3 is 5.32 Å². The molecule has 4 nitrogen and oxygen atoms in total. The molecule has 0 spiro atoms. The number of nitriles is 1. The molecular weight excluding hydrogens is 286 g/mol. The zero-order valence-electron chi connectivity index (χ0n) is 13.5. The number of nitrogens with one attached hydrogen (secondary N) is 1. The van der Waals surface area contributed by atoms with Crippen molar-refractivity contribution in [3.63, 3.8) is 0 Å². The van der Waals surface area contributed by atoms with Crippen LogP contribution in [0.25, 0.3) is 0 Å². The summed E-state index contributed by atoms with van der Waals surface area (Å²) in [5.41, 5.74) is 2.47. The van der Waals surface area contributed by atoms with Gasteiger partial charge in [0.05, 0.1) is 18.2 Å². The van der Waals surface area contributed by atoms with E-state index in [2.05, 4.69) is 42.3 Å². The molecule has 118 valence electrons. The Labute approximate surface area is 137 Å². The lowest BCUT2D eigenvalue weighted by molar-refractivity contribution is -0.117. The zero-order chi connectivity index (χ0) is 16.7. The Morgan fingerprint density at radius 3 is 2.35 bits per heavy atom. The molecule has 0 heterocycles. The van der Waals surface area contributed by atoms with Gasteiger partial charge in [-0.3, -0.25) is 9.69 Å². The van der Waals surface area contributed by atoms with Gasteiger partial charge in [-0.2, -0.15) is 5.26 Å². The van der Waals surface area contributed by atoms with Crippen LogP contribution in [0.5, 0.6) is 0 Å². The van der Waals surface area contributed by atoms with Crippen LogP contribution in [0.4, 0.5) is 5.69 Å². The summed E-state index contributed by atoms with van der Waals surface area (Å²) in [6.45, 7) is 5.22. The molecule has 23 heavy (non-hydrogen) atoms. The molecule has 2 aromatic carbocycles. The Hall–Kier alpha value is -2.64. The van der Waals surface area contributed by atoms with Crippen molar-refractivity contribution in [3.05, 3.63) is 65.7 Å². The molecule has 2 aromatic rings. The van der Waals surface area contributed by atoms with Crippen molar-refractivity contribution in [2.75, 3.05) is 11.9 Å². The first-order chi connectivity index (χ1) is 11.1. The van der Waals surface area contributed by atoms with Gasteiger partial charge in [0.25, 0.3) is 0 Å². The number of carbonyl (C=O) groups is 1. The second-order valence-corrected chi connectivity index (χ2v) is 5.72. The van der Waals surface area contributed by atoms with Crippen LogP contribution in [0.3, 0.4) is 0 Å². The first-order valence-electron chi connectivity index (χ1n) is 7.66. The van der Waals surface area contributed by atoms with Gasteiger partial charge in [0.1, 0.15) is 0 Å². The third kappa shape index (κ3) is 5.24. The molecular formula is C19H21N3O. The van der Waals surface area contributed by atoms with E-state index in [-0.39, 0.29) is 11.9 Å². The number of hydrogen-bond donors (Lipinski definition) is 1. The smallest absolute Gasteiger partial charge is 0.238 e. The predicted molar refractivity (Wildman–Crippen MR) is 91.8 cm³/mol. The first-order valence-corrected chi connectivity index (χ1v) is 7.66. The summed E-state index contributed by atoms with van der Waals surface area (Å²) < 4.78 is 0. The summed E-state index contributed by atoms with van der Waals surface area (Å²) in [6, 6.07) is 19.3. The second-order valence-electron chi connectivity index (χ2n) is 5.72. The van der Waals surface area contributed by atoms with Crippen molar-refractivity contribution in [1.29, 1.82) is 5.26 Å². The van der Waals surface area contributed by atoms with Crippen LogP contribution in [0.2, 0.25) is 0 Å². The van der Waals surface area contributed by atoms with Crippen LogP contribution in [0.15, 0.2) is 54.6 Å². The van der Waals surface area contributed by atoms with Crippen LogP contribution in [0, 0.1) is 11.3 Å². The van der Waals surface area contributed by atoms with Crippen LogP contribution in [-0.4, -0.2) is 23.4 Å². The Morgan fingerprint density at radius 1 is 1.13 bits per heavy atom. The largest absolute Gasteiger partial charge is 0.325 e. The maximum Gasteiger partial charge on any atom is 0.238 e. The topological polar surface area (TPSA) is 56.1 Å². The van der Waals surface area contributed by atoms with E-state index in [9.17, 15) is 4.79 Å². The molecule has 0 fully saturated rings. The van der Waals surface area contributed by atoms with E-state index in [0.29, 0.717) is 17.8 Å². The molecule has 0 saturated carbocycles. The van der Waals surface area contributed by atoms with Gasteiger partial charge in [0.15, 0.2) is 0 Å². The highest BCUT2D eigenvalue weighted by molar-refractivity contribution is 5.92. The summed E-state index contributed by atoms with van der Waals surface area (Å²) in [5.74, 6) is -0.0562. The summed E-state index contributed by atoms with van der Waals surface area (Å²) in [7, 11) is 0. The van der Waals surface area contributed by atoms with Crippen LogP contribution < -0.4 is 5.32 Å². The van der Waals surface area contributed by atoms with E-state index in [4.69, 9.17) is 5.26 Å². The average molecular weight is 307 g/mol. The number of carbonyl (C=O) groups excluding carboxylic acids is 1. The molecule has 2 rings (SSSR count). The van der Waals surface area contributed by atoms with Gasteiger partial charge in [0, 0.05) is 18.3 Å². The Bertz CT molecular complexity index is 672. The summed E-state index contributed by atoms with van der Waals surface area (Å²) >= 11 is 0. The molecule has 1 N–H and O–H groups in total. The van der Waals surface area contributed by atoms with Gasteiger partial charge in [-0.25, -0.2) is 0 Å². The molecule has 0 aliphatic heterocycles. The summed E-state index contributed by atoms with van der Waals surface area (Å²) in [4.78, 5) is 14.4. The average Bonchev–Trinajstić information content (AvgIpc) is 2.56. The molecule has 0 unspecified atom stereocenters. The van der Waals surface area contributed by atoms with Crippen molar-refractivity contribution in [3.8, 4) is 6.07 Å². The fourth-order valence-corrected chi connectivity index (χ4v) is 2.25. The summed E-state index contributed by atoms with van der Waals surface area (Å²) in [5, 5.41) is 11.7. The van der Waals surface area contributed by atoms with Gasteiger partial charge in [-0.15, -0.1) is 0 Å². The molecule has 0 atom stereocenters. The molecule has 0 bridgehead atoms. The fraction of sp³-hybridized carbons (Fsp3) is 0.263. The van der Waals surface area contributed by atoms with Gasteiger partial charge in [0.2, 0.25) is 5.91 Å². The Kier molecular flexibility index (Phi) is 5.90. The quantitative estimate of drug-likeness (QED) is 0.890. The monoisotopic (exact) mass is 307 g/mol. The molecule has 0 radical (unpaired) electrons. The summed E-state index contributed by atoms with van der Waals surface area (Å²) in [6.07, 6.45) is 0. The van der Waals surface area contributed by atoms with E-state index in [0.717, 1.165) is 6.54 Å². The Morgan fingerprint density at radius 2 is 1.78 bits per heavy atom. The van der Waals surface area contributed by atoms with E-state index >= 15 is 0 Å². The van der Waals surface area contributed by atoms with Gasteiger partial charge in [-0.05, 0) is 43.7 Å². The second kappa shape index (κ2) is 8.11. The van der Waals surface area contributed by atoms with Crippen LogP contribution in [0.1, 0.15) is 25.0 Å². The van der Waals surface area contributed by atoms with Crippen LogP contribution in [-0.2, 0) is 11.3 Å². The molecule has 0 aromatic heterocycles. The van der Waals surface area contributed by atoms with Crippen molar-refractivity contribution in [1.82, 2.24) is 4.90 Å². The van der Waals surface area contributed by atoms with Crippen molar-refractivity contribution < 1.29 is 4.79 Å². The third-order valence-corrected chi connectivity index (χ3v) is 3.60. The standard InChI is InChI=1S/C19H21N3O/c1-15(2)22(13-17-6-4-3-5-7-17)14-19(23)21-18-10-8-16(12-20)9-11-18/h3-11,15H,13-14H2,1-2H3,(H,21,23). The lowest BCUT2D eigenvalue weighted by atomic mass is 10.2. The minimum absolute atomic E-state index is 0.0562. The van der Waals surface area contributed by atoms with Crippen molar-refractivity contribution in [2.45, 2.75) is 26.4 Å². The molecule has 4 heteroatoms. The van der Waals surface area contributed by atoms with E-state index < -0.39 is 0 Å². The van der Waals surface area contributed by atoms with Crippen LogP contribution >= 0.6 is 0 Å². The highest BCUT2D eigenvalue weighted by Gasteiger charge is 2.14. The lowest BCUT2D eigenvalue weighted by Crippen LogP contribution is -2.37. The lowest BCUT2D eigenvalue weighted by Gasteiger charge is -2.25. The fourth-order valence-electron chi connectivity index (χ4n) is 2.25. The number of anilines is 1.